The molecule has 7 N–H and O–H groups in total. The standard InChI is InChI=1S/C35H57N7O5S/c1-9-15-37-33(48)41-26(23(4)5)19-30(43)27(16-22(2)3)39-32(45)29(18-25-20-36-21-38-25)40-31(44)28(17-24-13-11-10-12-14-24)42-34(46)47-35(6,7)8/h10-14,20-23,26-30,43H,9,15-19H2,1-8H3,(H,36,38)(H,39,45)(H,40,44)(H,42,46)(H2,37,41,48)/t26-,27-,28-,29-,30-/m0/s1. The van der Waals surface area contributed by atoms with Crippen LogP contribution < -0.4 is 26.6 Å². The highest BCUT2D eigenvalue weighted by Gasteiger charge is 2.32. The van der Waals surface area contributed by atoms with Gasteiger partial charge in [0.2, 0.25) is 11.8 Å². The van der Waals surface area contributed by atoms with Crippen LogP contribution in [0.5, 0.6) is 0 Å². The molecule has 2 rings (SSSR count). The summed E-state index contributed by atoms with van der Waals surface area (Å²) >= 11 is 5.46. The Balaban J connectivity index is 2.30. The van der Waals surface area contributed by atoms with E-state index in [1.165, 1.54) is 6.33 Å². The minimum Gasteiger partial charge on any atom is -0.444 e. The lowest BCUT2D eigenvalue weighted by Gasteiger charge is -2.32. The lowest BCUT2D eigenvalue weighted by Crippen LogP contribution is -2.58. The SMILES string of the molecule is CCCNC(=S)N[C@@H](C[C@H](O)[C@H](CC(C)C)NC(=O)[C@H](Cc1cnc[nH]1)NC(=O)[C@H](Cc1ccccc1)NC(=O)OC(C)(C)C)C(C)C. The Morgan fingerprint density at radius 2 is 1.56 bits per heavy atom. The number of aromatic amines is 1. The summed E-state index contributed by atoms with van der Waals surface area (Å²) in [4.78, 5) is 47.6. The molecule has 0 fully saturated rings. The van der Waals surface area contributed by atoms with Gasteiger partial charge in [0.1, 0.15) is 17.7 Å². The number of nitrogens with one attached hydrogen (secondary N) is 6. The van der Waals surface area contributed by atoms with Gasteiger partial charge in [0.15, 0.2) is 5.11 Å². The molecule has 0 aliphatic heterocycles. The molecule has 48 heavy (non-hydrogen) atoms. The summed E-state index contributed by atoms with van der Waals surface area (Å²) in [6.45, 7) is 16.2. The highest BCUT2D eigenvalue weighted by molar-refractivity contribution is 7.80. The first-order chi connectivity index (χ1) is 22.6. The Hall–Kier alpha value is -3.71. The summed E-state index contributed by atoms with van der Waals surface area (Å²) in [6, 6.07) is 6.47. The fourth-order valence-corrected chi connectivity index (χ4v) is 5.34. The monoisotopic (exact) mass is 687 g/mol. The van der Waals surface area contributed by atoms with Crippen molar-refractivity contribution in [1.82, 2.24) is 36.6 Å². The van der Waals surface area contributed by atoms with Crippen molar-refractivity contribution < 1.29 is 24.2 Å². The van der Waals surface area contributed by atoms with Crippen LogP contribution in [-0.4, -0.2) is 80.5 Å². The number of imidazole rings is 1. The van der Waals surface area contributed by atoms with Gasteiger partial charge in [-0.25, -0.2) is 9.78 Å². The molecular weight excluding hydrogens is 630 g/mol. The van der Waals surface area contributed by atoms with Crippen LogP contribution in [0.1, 0.15) is 85.9 Å². The van der Waals surface area contributed by atoms with Crippen LogP contribution >= 0.6 is 12.2 Å². The minimum atomic E-state index is -1.04. The molecular formula is C35H57N7O5S. The molecule has 0 saturated carbocycles. The molecule has 268 valence electrons. The number of nitrogens with zero attached hydrogens (tertiary/aromatic N) is 1. The fourth-order valence-electron chi connectivity index (χ4n) is 5.09. The van der Waals surface area contributed by atoms with Gasteiger partial charge >= 0.3 is 6.09 Å². The number of alkyl carbamates (subject to hydrolysis) is 1. The molecule has 0 saturated heterocycles. The number of ether oxygens (including phenoxy) is 1. The molecule has 1 heterocycles. The maximum Gasteiger partial charge on any atom is 0.408 e. The normalized spacial score (nSPS) is 14.7. The van der Waals surface area contributed by atoms with Gasteiger partial charge in [0.25, 0.3) is 0 Å². The zero-order valence-corrected chi connectivity index (χ0v) is 30.6. The van der Waals surface area contributed by atoms with Crippen molar-refractivity contribution in [2.24, 2.45) is 11.8 Å². The fraction of sp³-hybridized carbons (Fsp3) is 0.629. The van der Waals surface area contributed by atoms with Crippen LogP contribution in [0.4, 0.5) is 4.79 Å². The van der Waals surface area contributed by atoms with Crippen molar-refractivity contribution >= 4 is 35.2 Å². The summed E-state index contributed by atoms with van der Waals surface area (Å²) in [5.74, 6) is -0.699. The lowest BCUT2D eigenvalue weighted by atomic mass is 9.90. The van der Waals surface area contributed by atoms with Gasteiger partial charge in [-0.1, -0.05) is 65.0 Å². The summed E-state index contributed by atoms with van der Waals surface area (Å²) in [5, 5.41) is 27.1. The van der Waals surface area contributed by atoms with Crippen LogP contribution in [0.3, 0.4) is 0 Å². The molecule has 0 aliphatic rings. The number of rotatable bonds is 18. The topological polar surface area (TPSA) is 169 Å². The molecule has 0 spiro atoms. The van der Waals surface area contributed by atoms with Gasteiger partial charge in [0.05, 0.1) is 18.5 Å². The summed E-state index contributed by atoms with van der Waals surface area (Å²) in [5.41, 5.74) is 0.683. The van der Waals surface area contributed by atoms with Gasteiger partial charge in [0, 0.05) is 37.3 Å². The summed E-state index contributed by atoms with van der Waals surface area (Å²) in [6.07, 6.45) is 3.52. The Morgan fingerprint density at radius 1 is 0.917 bits per heavy atom. The van der Waals surface area contributed by atoms with E-state index in [1.54, 1.807) is 27.0 Å². The first-order valence-corrected chi connectivity index (χ1v) is 17.3. The Bertz CT molecular complexity index is 1270. The quantitative estimate of drug-likeness (QED) is 0.115. The van der Waals surface area contributed by atoms with Gasteiger partial charge in [-0.2, -0.15) is 0 Å². The van der Waals surface area contributed by atoms with Crippen LogP contribution in [0.15, 0.2) is 42.9 Å². The number of aromatic nitrogens is 2. The van der Waals surface area contributed by atoms with Crippen LogP contribution in [-0.2, 0) is 27.2 Å². The first-order valence-electron chi connectivity index (χ1n) is 16.9. The molecule has 0 radical (unpaired) electrons. The number of hydrogen-bond donors (Lipinski definition) is 7. The van der Waals surface area contributed by atoms with Crippen molar-refractivity contribution in [3.05, 3.63) is 54.1 Å². The van der Waals surface area contributed by atoms with Crippen molar-refractivity contribution in [1.29, 1.82) is 0 Å². The second kappa shape index (κ2) is 20.0. The van der Waals surface area contributed by atoms with E-state index in [9.17, 15) is 19.5 Å². The van der Waals surface area contributed by atoms with E-state index in [0.717, 1.165) is 18.5 Å². The van der Waals surface area contributed by atoms with Gasteiger partial charge < -0.3 is 41.4 Å². The number of thiocarbonyl (C=S) groups is 1. The number of H-pyrrole nitrogens is 1. The second-order valence-electron chi connectivity index (χ2n) is 14.0. The minimum absolute atomic E-state index is 0.111. The molecule has 0 aliphatic carbocycles. The van der Waals surface area contributed by atoms with Crippen LogP contribution in [0, 0.1) is 11.8 Å². The highest BCUT2D eigenvalue weighted by Crippen LogP contribution is 2.17. The molecule has 3 amide bonds. The third-order valence-electron chi connectivity index (χ3n) is 7.57. The number of aliphatic hydroxyl groups excluding tert-OH is 1. The molecule has 13 heteroatoms. The van der Waals surface area contributed by atoms with E-state index in [1.807, 2.05) is 44.2 Å². The van der Waals surface area contributed by atoms with E-state index in [4.69, 9.17) is 17.0 Å². The van der Waals surface area contributed by atoms with E-state index in [2.05, 4.69) is 57.3 Å². The van der Waals surface area contributed by atoms with Gasteiger partial charge in [-0.05, 0) is 69.7 Å². The number of benzene rings is 1. The summed E-state index contributed by atoms with van der Waals surface area (Å²) < 4.78 is 5.43. The number of amides is 3. The maximum atomic E-state index is 14.0. The van der Waals surface area contributed by atoms with Crippen LogP contribution in [0.2, 0.25) is 0 Å². The number of hydrogen-bond acceptors (Lipinski definition) is 7. The van der Waals surface area contributed by atoms with Gasteiger partial charge in [-0.3, -0.25) is 9.59 Å². The van der Waals surface area contributed by atoms with E-state index < -0.39 is 47.7 Å². The largest absolute Gasteiger partial charge is 0.444 e. The zero-order chi connectivity index (χ0) is 35.9. The summed E-state index contributed by atoms with van der Waals surface area (Å²) in [7, 11) is 0. The smallest absolute Gasteiger partial charge is 0.408 e. The number of aliphatic hydroxyl groups is 1. The second-order valence-corrected chi connectivity index (χ2v) is 14.4. The number of carbonyl (C=O) groups excluding carboxylic acids is 3. The van der Waals surface area contributed by atoms with Crippen molar-refractivity contribution in [3.8, 4) is 0 Å². The molecule has 5 atom stereocenters. The van der Waals surface area contributed by atoms with E-state index in [-0.39, 0.29) is 30.7 Å². The third-order valence-corrected chi connectivity index (χ3v) is 7.83. The maximum absolute atomic E-state index is 14.0. The zero-order valence-electron chi connectivity index (χ0n) is 29.8. The Morgan fingerprint density at radius 3 is 2.12 bits per heavy atom. The van der Waals surface area contributed by atoms with Crippen LogP contribution in [0.25, 0.3) is 0 Å². The predicted octanol–water partition coefficient (Wildman–Crippen LogP) is 3.75. The van der Waals surface area contributed by atoms with Gasteiger partial charge in [-0.15, -0.1) is 0 Å². The highest BCUT2D eigenvalue weighted by atomic mass is 32.1. The molecule has 1 aromatic carbocycles. The Kier molecular flexibility index (Phi) is 16.8. The average Bonchev–Trinajstić information content (AvgIpc) is 3.51. The Labute approximate surface area is 291 Å². The van der Waals surface area contributed by atoms with E-state index >= 15 is 0 Å². The van der Waals surface area contributed by atoms with Crippen molar-refractivity contribution in [2.45, 2.75) is 123 Å². The van der Waals surface area contributed by atoms with E-state index in [0.29, 0.717) is 23.6 Å². The molecule has 12 nitrogen and oxygen atoms in total. The number of carbonyl (C=O) groups is 3. The van der Waals surface area contributed by atoms with Crippen molar-refractivity contribution in [3.63, 3.8) is 0 Å². The van der Waals surface area contributed by atoms with Crippen molar-refractivity contribution in [2.75, 3.05) is 6.54 Å². The lowest BCUT2D eigenvalue weighted by molar-refractivity contribution is -0.131. The molecule has 2 aromatic rings. The third kappa shape index (κ3) is 15.5. The predicted molar refractivity (Wildman–Crippen MR) is 192 cm³/mol. The molecule has 0 bridgehead atoms. The average molecular weight is 688 g/mol. The molecule has 1 aromatic heterocycles. The molecule has 0 unspecified atom stereocenters. The first kappa shape index (κ1) is 40.5.